The predicted octanol–water partition coefficient (Wildman–Crippen LogP) is -2.50. The van der Waals surface area contributed by atoms with Crippen LogP contribution in [0.2, 0.25) is 0 Å². The van der Waals surface area contributed by atoms with Crippen LogP contribution in [-0.2, 0) is 9.53 Å². The van der Waals surface area contributed by atoms with E-state index in [-0.39, 0.29) is 34.4 Å². The Hall–Kier alpha value is -2.38. The summed E-state index contributed by atoms with van der Waals surface area (Å²) < 4.78 is 6.70. The number of carbonyl (C=O) groups excluding carboxylic acids is 1. The molecule has 0 saturated carbocycles. The highest BCUT2D eigenvalue weighted by atomic mass is 16.6. The van der Waals surface area contributed by atoms with Gasteiger partial charge in [0, 0.05) is 5.92 Å². The molecule has 26 heavy (non-hydrogen) atoms. The monoisotopic (exact) mass is 371 g/mol. The van der Waals surface area contributed by atoms with Crippen LogP contribution in [-0.4, -0.2) is 71.1 Å². The van der Waals surface area contributed by atoms with Gasteiger partial charge in [-0.25, -0.2) is 4.98 Å². The Kier molecular flexibility index (Phi) is 5.73. The topological polar surface area (TPSA) is 194 Å². The first kappa shape index (κ1) is 19.9. The third-order valence-electron chi connectivity index (χ3n) is 3.99. The highest BCUT2D eigenvalue weighted by molar-refractivity contribution is 5.91. The minimum atomic E-state index is -1.34. The lowest BCUT2D eigenvalue weighted by Crippen LogP contribution is -2.33. The number of anilines is 1. The molecule has 1 aliphatic rings. The molecule has 1 fully saturated rings. The van der Waals surface area contributed by atoms with Crippen LogP contribution in [0.1, 0.15) is 20.1 Å². The fraction of sp³-hybridized carbons (Fsp3) is 0.571. The molecular formula is C14H21N5O7. The number of H-pyrrole nitrogens is 1. The fourth-order valence-corrected chi connectivity index (χ4v) is 2.54. The second-order valence-electron chi connectivity index (χ2n) is 6.11. The van der Waals surface area contributed by atoms with Crippen molar-refractivity contribution in [1.29, 1.82) is 0 Å². The second-order valence-corrected chi connectivity index (χ2v) is 6.11. The number of fused-ring (bicyclic) bond motifs is 1. The molecule has 12 heteroatoms. The number of aliphatic hydroxyl groups excluding tert-OH is 3. The van der Waals surface area contributed by atoms with E-state index in [0.717, 1.165) is 0 Å². The molecule has 2 aromatic heterocycles. The Bertz CT molecular complexity index is 848. The van der Waals surface area contributed by atoms with E-state index in [9.17, 15) is 24.9 Å². The van der Waals surface area contributed by atoms with Crippen LogP contribution in [0.15, 0.2) is 11.1 Å². The van der Waals surface area contributed by atoms with E-state index in [4.69, 9.17) is 4.74 Å². The van der Waals surface area contributed by atoms with E-state index in [1.165, 1.54) is 10.9 Å². The van der Waals surface area contributed by atoms with Gasteiger partial charge in [0.05, 0.1) is 12.9 Å². The van der Waals surface area contributed by atoms with Crippen LogP contribution in [0, 0.1) is 5.92 Å². The Morgan fingerprint density at radius 3 is 2.69 bits per heavy atom. The van der Waals surface area contributed by atoms with Crippen LogP contribution in [0.25, 0.3) is 11.2 Å². The van der Waals surface area contributed by atoms with E-state index in [1.54, 1.807) is 13.8 Å². The Labute approximate surface area is 146 Å². The standard InChI is InChI=1S/C14H19N5O6.H2O/c1-5(2)11(23)17-14-16-10-7(12(24)18-14)15-4-19(10)13-9(22)8(21)6(3-20)25-13;/h4-6,8-9,13,20-22H,3H2,1-2H3,(H2,16,17,18,23,24);1H2. The maximum absolute atomic E-state index is 12.1. The quantitative estimate of drug-likeness (QED) is 0.389. The average Bonchev–Trinajstić information content (AvgIpc) is 3.10. The zero-order chi connectivity index (χ0) is 18.3. The first-order chi connectivity index (χ1) is 11.8. The molecule has 0 spiro atoms. The van der Waals surface area contributed by atoms with Crippen molar-refractivity contribution in [2.24, 2.45) is 5.92 Å². The van der Waals surface area contributed by atoms with Gasteiger partial charge in [-0.05, 0) is 0 Å². The molecule has 0 aliphatic carbocycles. The number of amides is 1. The Morgan fingerprint density at radius 2 is 2.12 bits per heavy atom. The molecule has 1 aliphatic heterocycles. The molecular weight excluding hydrogens is 350 g/mol. The maximum atomic E-state index is 12.1. The van der Waals surface area contributed by atoms with Crippen molar-refractivity contribution < 1.29 is 30.3 Å². The van der Waals surface area contributed by atoms with Gasteiger partial charge in [-0.3, -0.25) is 24.5 Å². The van der Waals surface area contributed by atoms with E-state index in [2.05, 4.69) is 20.3 Å². The zero-order valence-electron chi connectivity index (χ0n) is 14.1. The number of ether oxygens (including phenoxy) is 1. The third kappa shape index (κ3) is 3.32. The molecule has 1 amide bonds. The first-order valence-electron chi connectivity index (χ1n) is 7.73. The highest BCUT2D eigenvalue weighted by Gasteiger charge is 2.44. The first-order valence-corrected chi connectivity index (χ1v) is 7.73. The van der Waals surface area contributed by atoms with Gasteiger partial charge in [-0.15, -0.1) is 0 Å². The van der Waals surface area contributed by atoms with Crippen LogP contribution < -0.4 is 10.9 Å². The number of rotatable bonds is 4. The molecule has 0 bridgehead atoms. The number of aliphatic hydroxyl groups is 3. The van der Waals surface area contributed by atoms with E-state index >= 15 is 0 Å². The molecule has 12 nitrogen and oxygen atoms in total. The summed E-state index contributed by atoms with van der Waals surface area (Å²) in [6.07, 6.45) is -3.46. The summed E-state index contributed by atoms with van der Waals surface area (Å²) in [5, 5.41) is 31.7. The number of nitrogens with one attached hydrogen (secondary N) is 2. The van der Waals surface area contributed by atoms with Gasteiger partial charge in [-0.2, -0.15) is 4.98 Å². The van der Waals surface area contributed by atoms with Gasteiger partial charge >= 0.3 is 0 Å². The molecule has 0 aromatic carbocycles. The summed E-state index contributed by atoms with van der Waals surface area (Å²) >= 11 is 0. The average molecular weight is 371 g/mol. The van der Waals surface area contributed by atoms with E-state index in [1.807, 2.05) is 0 Å². The van der Waals surface area contributed by atoms with Crippen molar-refractivity contribution in [1.82, 2.24) is 19.5 Å². The minimum absolute atomic E-state index is 0. The number of imidazole rings is 1. The summed E-state index contributed by atoms with van der Waals surface area (Å²) in [6.45, 7) is 2.90. The normalized spacial score (nSPS) is 25.5. The second kappa shape index (κ2) is 7.47. The number of nitrogens with zero attached hydrogens (tertiary/aromatic N) is 3. The fourth-order valence-electron chi connectivity index (χ4n) is 2.54. The van der Waals surface area contributed by atoms with Crippen LogP contribution in [0.3, 0.4) is 0 Å². The van der Waals surface area contributed by atoms with Gasteiger partial charge in [0.15, 0.2) is 17.4 Å². The van der Waals surface area contributed by atoms with Gasteiger partial charge in [0.2, 0.25) is 11.9 Å². The Morgan fingerprint density at radius 1 is 1.42 bits per heavy atom. The van der Waals surface area contributed by atoms with Gasteiger partial charge < -0.3 is 25.5 Å². The molecule has 3 heterocycles. The number of aromatic nitrogens is 4. The summed E-state index contributed by atoms with van der Waals surface area (Å²) in [5.74, 6) is -0.711. The number of hydrogen-bond donors (Lipinski definition) is 5. The molecule has 4 atom stereocenters. The number of carbonyl (C=O) groups is 1. The molecule has 2 aromatic rings. The molecule has 4 unspecified atom stereocenters. The summed E-state index contributed by atoms with van der Waals surface area (Å²) in [5.41, 5.74) is -0.521. The summed E-state index contributed by atoms with van der Waals surface area (Å²) in [7, 11) is 0. The third-order valence-corrected chi connectivity index (χ3v) is 3.99. The van der Waals surface area contributed by atoms with Crippen molar-refractivity contribution in [3.63, 3.8) is 0 Å². The molecule has 3 rings (SSSR count). The van der Waals surface area contributed by atoms with Crippen molar-refractivity contribution in [3.8, 4) is 0 Å². The largest absolute Gasteiger partial charge is 0.412 e. The number of aromatic amines is 1. The molecule has 0 radical (unpaired) electrons. The maximum Gasteiger partial charge on any atom is 0.280 e. The lowest BCUT2D eigenvalue weighted by Gasteiger charge is -2.16. The van der Waals surface area contributed by atoms with Gasteiger partial charge in [0.1, 0.15) is 18.3 Å². The summed E-state index contributed by atoms with van der Waals surface area (Å²) in [6, 6.07) is 0. The lowest BCUT2D eigenvalue weighted by molar-refractivity contribution is -0.118. The van der Waals surface area contributed by atoms with Crippen LogP contribution in [0.5, 0.6) is 0 Å². The smallest absolute Gasteiger partial charge is 0.280 e. The number of hydrogen-bond acceptors (Lipinski definition) is 8. The minimum Gasteiger partial charge on any atom is -0.412 e. The van der Waals surface area contributed by atoms with E-state index in [0.29, 0.717) is 0 Å². The van der Waals surface area contributed by atoms with Crippen molar-refractivity contribution in [3.05, 3.63) is 16.7 Å². The lowest BCUT2D eigenvalue weighted by atomic mass is 10.1. The SMILES string of the molecule is CC(C)C(=O)Nc1nc2c(ncn2C2OC(CO)C(O)C2O)c(=O)[nH]1.O. The van der Waals surface area contributed by atoms with Gasteiger partial charge in [0.25, 0.3) is 5.56 Å². The van der Waals surface area contributed by atoms with Crippen molar-refractivity contribution in [2.75, 3.05) is 11.9 Å². The van der Waals surface area contributed by atoms with Crippen molar-refractivity contribution >= 4 is 23.0 Å². The molecule has 7 N–H and O–H groups in total. The van der Waals surface area contributed by atoms with Crippen LogP contribution in [0.4, 0.5) is 5.95 Å². The summed E-state index contributed by atoms with van der Waals surface area (Å²) in [4.78, 5) is 34.4. The molecule has 1 saturated heterocycles. The Balaban J connectivity index is 0.00000243. The zero-order valence-corrected chi connectivity index (χ0v) is 14.1. The van der Waals surface area contributed by atoms with Crippen molar-refractivity contribution in [2.45, 2.75) is 38.4 Å². The highest BCUT2D eigenvalue weighted by Crippen LogP contribution is 2.30. The van der Waals surface area contributed by atoms with Crippen LogP contribution >= 0.6 is 0 Å². The predicted molar refractivity (Wildman–Crippen MR) is 88.2 cm³/mol. The van der Waals surface area contributed by atoms with E-state index < -0.39 is 36.7 Å². The van der Waals surface area contributed by atoms with Gasteiger partial charge in [-0.1, -0.05) is 13.8 Å². The molecule has 144 valence electrons.